The molecule has 4 fully saturated rings. The molecule has 1 N–H and O–H groups in total. The third-order valence-corrected chi connectivity index (χ3v) is 13.2. The highest BCUT2D eigenvalue weighted by Gasteiger charge is 2.23. The number of ether oxygens (including phenoxy) is 5. The van der Waals surface area contributed by atoms with Crippen molar-refractivity contribution >= 4 is 29.1 Å². The quantitative estimate of drug-likeness (QED) is 0.0474. The number of piperidine rings is 2. The minimum atomic E-state index is -0.631. The molecule has 4 aliphatic rings. The number of aryl methyl sites for hydroxylation is 1. The molecule has 0 radical (unpaired) electrons. The maximum absolute atomic E-state index is 9.82. The van der Waals surface area contributed by atoms with Gasteiger partial charge in [-0.3, -0.25) is 0 Å². The van der Waals surface area contributed by atoms with Crippen LogP contribution in [-0.4, -0.2) is 109 Å². The fourth-order valence-electron chi connectivity index (χ4n) is 8.39. The number of hydrogen-bond acceptors (Lipinski definition) is 11. The molecule has 0 bridgehead atoms. The van der Waals surface area contributed by atoms with Crippen molar-refractivity contribution < 1.29 is 33.0 Å². The molecule has 0 aromatic heterocycles. The van der Waals surface area contributed by atoms with Crippen molar-refractivity contribution in [3.8, 4) is 17.2 Å². The van der Waals surface area contributed by atoms with Crippen molar-refractivity contribution in [3.05, 3.63) is 72.3 Å². The van der Waals surface area contributed by atoms with Crippen LogP contribution in [0.2, 0.25) is 0 Å². The summed E-state index contributed by atoms with van der Waals surface area (Å²) in [5.74, 6) is 3.59. The molecule has 370 valence electrons. The molecule has 0 saturated carbocycles. The van der Waals surface area contributed by atoms with Gasteiger partial charge in [-0.25, -0.2) is 0 Å². The van der Waals surface area contributed by atoms with Crippen LogP contribution in [0.5, 0.6) is 17.2 Å². The van der Waals surface area contributed by atoms with Gasteiger partial charge in [-0.1, -0.05) is 95.8 Å². The lowest BCUT2D eigenvalue weighted by atomic mass is 10.1. The maximum Gasteiger partial charge on any atom is 0.163 e. The minimum Gasteiger partial charge on any atom is -0.491 e. The van der Waals surface area contributed by atoms with Crippen molar-refractivity contribution in [2.75, 3.05) is 106 Å². The molecule has 2 unspecified atom stereocenters. The van der Waals surface area contributed by atoms with E-state index in [0.29, 0.717) is 6.61 Å². The predicted molar refractivity (Wildman–Crippen MR) is 277 cm³/mol. The van der Waals surface area contributed by atoms with Gasteiger partial charge in [0.25, 0.3) is 0 Å². The molecule has 66 heavy (non-hydrogen) atoms. The fraction of sp³-hybridized carbons (Fsp3) is 0.673. The van der Waals surface area contributed by atoms with Gasteiger partial charge < -0.3 is 47.7 Å². The van der Waals surface area contributed by atoms with Gasteiger partial charge in [0.05, 0.1) is 39.6 Å². The molecule has 0 aliphatic carbocycles. The van der Waals surface area contributed by atoms with E-state index in [1.165, 1.54) is 145 Å². The zero-order valence-electron chi connectivity index (χ0n) is 41.3. The van der Waals surface area contributed by atoms with Gasteiger partial charge >= 0.3 is 0 Å². The second-order valence-corrected chi connectivity index (χ2v) is 19.3. The van der Waals surface area contributed by atoms with Crippen LogP contribution in [0.3, 0.4) is 0 Å². The molecule has 4 saturated heterocycles. The van der Waals surface area contributed by atoms with Gasteiger partial charge in [0, 0.05) is 68.1 Å². The lowest BCUT2D eigenvalue weighted by Crippen LogP contribution is -2.29. The minimum absolute atomic E-state index is 0.221. The molecule has 3 aromatic carbocycles. The number of benzene rings is 3. The average molecular weight is 934 g/mol. The number of anilines is 3. The van der Waals surface area contributed by atoms with Gasteiger partial charge in [-0.05, 0) is 119 Å². The van der Waals surface area contributed by atoms with Crippen molar-refractivity contribution in [1.82, 2.24) is 0 Å². The Morgan fingerprint density at radius 2 is 1.12 bits per heavy atom. The summed E-state index contributed by atoms with van der Waals surface area (Å²) in [6, 6.07) is 23.4. The highest BCUT2D eigenvalue weighted by molar-refractivity contribution is 7.94. The summed E-state index contributed by atoms with van der Waals surface area (Å²) in [7, 11) is 0. The summed E-state index contributed by atoms with van der Waals surface area (Å²) in [6.45, 7) is 17.5. The zero-order chi connectivity index (χ0) is 46.3. The summed E-state index contributed by atoms with van der Waals surface area (Å²) < 4.78 is 33.8. The molecular formula is C55H87N3O7S. The molecule has 0 amide bonds. The molecule has 10 nitrogen and oxygen atoms in total. The largest absolute Gasteiger partial charge is 0.491 e. The van der Waals surface area contributed by atoms with E-state index >= 15 is 0 Å². The topological polar surface area (TPSA) is 88.6 Å². The van der Waals surface area contributed by atoms with E-state index in [4.69, 9.17) is 27.9 Å². The van der Waals surface area contributed by atoms with Crippen LogP contribution in [-0.2, 0) is 13.7 Å². The Bertz CT molecular complexity index is 1640. The van der Waals surface area contributed by atoms with Crippen LogP contribution in [0, 0.1) is 6.92 Å². The molecule has 4 aliphatic heterocycles. The SMILES string of the molecule is CCCCCCCCOc1ccc(N2CCCCC2)cc1OCCCCCCCC.Cc1ccc(N2CCCCC2)cc1.OC(COCC1CO1)COc1ccc(N2CCOSCC2)cc1. The van der Waals surface area contributed by atoms with Crippen LogP contribution >= 0.6 is 12.0 Å². The molecule has 4 heterocycles. The average Bonchev–Trinajstić information content (AvgIpc) is 4.23. The fourth-order valence-corrected chi connectivity index (χ4v) is 9.00. The second kappa shape index (κ2) is 33.2. The van der Waals surface area contributed by atoms with Crippen LogP contribution in [0.15, 0.2) is 66.7 Å². The third kappa shape index (κ3) is 22.2. The van der Waals surface area contributed by atoms with Crippen molar-refractivity contribution in [3.63, 3.8) is 0 Å². The molecule has 11 heteroatoms. The summed E-state index contributed by atoms with van der Waals surface area (Å²) in [5.41, 5.74) is 5.20. The van der Waals surface area contributed by atoms with Crippen molar-refractivity contribution in [1.29, 1.82) is 0 Å². The summed E-state index contributed by atoms with van der Waals surface area (Å²) in [5, 5.41) is 9.82. The Labute approximate surface area is 404 Å². The summed E-state index contributed by atoms with van der Waals surface area (Å²) in [4.78, 5) is 7.29. The van der Waals surface area contributed by atoms with Crippen molar-refractivity contribution in [2.24, 2.45) is 0 Å². The zero-order valence-corrected chi connectivity index (χ0v) is 42.1. The lowest BCUT2D eigenvalue weighted by Gasteiger charge is -2.29. The Kier molecular flexibility index (Phi) is 27.0. The van der Waals surface area contributed by atoms with Crippen LogP contribution in [0.4, 0.5) is 17.1 Å². The van der Waals surface area contributed by atoms with Gasteiger partial charge in [0.2, 0.25) is 0 Å². The summed E-state index contributed by atoms with van der Waals surface area (Å²) >= 11 is 1.53. The van der Waals surface area contributed by atoms with E-state index < -0.39 is 6.10 Å². The van der Waals surface area contributed by atoms with E-state index in [2.05, 4.69) is 77.9 Å². The normalized spacial score (nSPS) is 17.7. The van der Waals surface area contributed by atoms with Crippen LogP contribution in [0.1, 0.15) is 135 Å². The molecule has 3 aromatic rings. The Morgan fingerprint density at radius 3 is 1.73 bits per heavy atom. The van der Waals surface area contributed by atoms with Gasteiger partial charge in [0.15, 0.2) is 11.5 Å². The van der Waals surface area contributed by atoms with E-state index in [0.717, 1.165) is 94.1 Å². The Balaban J connectivity index is 0.000000199. The number of nitrogens with zero attached hydrogens (tertiary/aromatic N) is 3. The molecule has 7 rings (SSSR count). The lowest BCUT2D eigenvalue weighted by molar-refractivity contribution is 0.00761. The number of aliphatic hydroxyl groups excluding tert-OH is 1. The second-order valence-electron chi connectivity index (χ2n) is 18.4. The van der Waals surface area contributed by atoms with Crippen LogP contribution < -0.4 is 28.9 Å². The molecule has 0 spiro atoms. The Morgan fingerprint density at radius 1 is 0.591 bits per heavy atom. The highest BCUT2D eigenvalue weighted by atomic mass is 32.2. The maximum atomic E-state index is 9.82. The van der Waals surface area contributed by atoms with Crippen molar-refractivity contribution in [2.45, 2.75) is 149 Å². The predicted octanol–water partition coefficient (Wildman–Crippen LogP) is 12.5. The number of aliphatic hydroxyl groups is 1. The first-order valence-electron chi connectivity index (χ1n) is 26.1. The Hall–Kier alpha value is -3.35. The van der Waals surface area contributed by atoms with Crippen LogP contribution in [0.25, 0.3) is 0 Å². The first-order chi connectivity index (χ1) is 32.5. The molecule has 2 atom stereocenters. The summed E-state index contributed by atoms with van der Waals surface area (Å²) in [6.07, 6.45) is 23.1. The van der Waals surface area contributed by atoms with Gasteiger partial charge in [-0.15, -0.1) is 0 Å². The van der Waals surface area contributed by atoms with Gasteiger partial charge in [-0.2, -0.15) is 0 Å². The van der Waals surface area contributed by atoms with E-state index in [-0.39, 0.29) is 19.3 Å². The number of rotatable bonds is 26. The first kappa shape index (κ1) is 53.6. The van der Waals surface area contributed by atoms with E-state index in [1.54, 1.807) is 0 Å². The number of epoxide rings is 1. The number of hydrogen-bond donors (Lipinski definition) is 1. The monoisotopic (exact) mass is 934 g/mol. The number of unbranched alkanes of at least 4 members (excludes halogenated alkanes) is 10. The first-order valence-corrected chi connectivity index (χ1v) is 27.0. The molecular weight excluding hydrogens is 847 g/mol. The van der Waals surface area contributed by atoms with E-state index in [1.807, 2.05) is 24.3 Å². The third-order valence-electron chi connectivity index (χ3n) is 12.5. The standard InChI is InChI=1S/C27H47NO2.C16H23NO5S.C12H17N/c1-3-5-7-9-11-16-22-29-26-19-18-25(28-20-14-13-15-21-28)24-27(26)30-23-17-12-10-8-6-4-2;18-14(9-19-11-16-12-21-16)10-20-15-3-1-13(2-4-15)17-5-7-22-23-8-6-17;1-11-5-7-12(8-6-11)13-9-3-2-4-10-13/h18-19,24H,3-17,20-23H2,1-2H3;1-4,14,16,18H,5-12H2;5-8H,2-4,9-10H2,1H3. The van der Waals surface area contributed by atoms with Gasteiger partial charge in [0.1, 0.15) is 24.6 Å². The smallest absolute Gasteiger partial charge is 0.163 e. The highest BCUT2D eigenvalue weighted by Crippen LogP contribution is 2.34. The van der Waals surface area contributed by atoms with E-state index in [9.17, 15) is 5.11 Å².